The molecule has 0 fully saturated rings. The first-order valence-electron chi connectivity index (χ1n) is 5.14. The fourth-order valence-corrected chi connectivity index (χ4v) is 1.82. The van der Waals surface area contributed by atoms with E-state index in [9.17, 15) is 13.2 Å². The maximum atomic E-state index is 12.8. The predicted octanol–water partition coefficient (Wildman–Crippen LogP) is 3.17. The summed E-state index contributed by atoms with van der Waals surface area (Å²) >= 11 is 0. The van der Waals surface area contributed by atoms with Gasteiger partial charge in [0, 0.05) is 6.54 Å². The number of aryl methyl sites for hydroxylation is 2. The molecule has 0 radical (unpaired) electrons. The van der Waals surface area contributed by atoms with Crippen LogP contribution in [-0.2, 0) is 0 Å². The van der Waals surface area contributed by atoms with Gasteiger partial charge < -0.3 is 5.32 Å². The second-order valence-corrected chi connectivity index (χ2v) is 4.01. The van der Waals surface area contributed by atoms with Crippen LogP contribution in [-0.4, -0.2) is 19.8 Å². The third-order valence-electron chi connectivity index (χ3n) is 2.60. The van der Waals surface area contributed by atoms with Crippen molar-refractivity contribution in [1.82, 2.24) is 5.32 Å². The summed E-state index contributed by atoms with van der Waals surface area (Å²) in [5.74, 6) is -1.43. The first-order chi connectivity index (χ1) is 7.36. The number of rotatable bonds is 3. The average Bonchev–Trinajstić information content (AvgIpc) is 2.13. The van der Waals surface area contributed by atoms with Crippen LogP contribution >= 0.6 is 0 Å². The van der Waals surface area contributed by atoms with Gasteiger partial charge in [0.15, 0.2) is 0 Å². The summed E-state index contributed by atoms with van der Waals surface area (Å²) in [6.07, 6.45) is -4.21. The zero-order chi connectivity index (χ0) is 12.3. The third kappa shape index (κ3) is 2.98. The van der Waals surface area contributed by atoms with Gasteiger partial charge in [-0.2, -0.15) is 13.2 Å². The molecule has 1 N–H and O–H groups in total. The fraction of sp³-hybridized carbons (Fsp3) is 0.500. The molecule has 1 nitrogen and oxygen atoms in total. The van der Waals surface area contributed by atoms with Gasteiger partial charge >= 0.3 is 6.18 Å². The lowest BCUT2D eigenvalue weighted by Gasteiger charge is -2.22. The molecule has 1 rings (SSSR count). The largest absolute Gasteiger partial charge is 0.396 e. The molecule has 0 aliphatic heterocycles. The molecule has 0 bridgehead atoms. The lowest BCUT2D eigenvalue weighted by molar-refractivity contribution is -0.149. The van der Waals surface area contributed by atoms with E-state index in [-0.39, 0.29) is 6.54 Å². The number of hydrogen-bond donors (Lipinski definition) is 1. The Morgan fingerprint density at radius 1 is 1.25 bits per heavy atom. The molecule has 1 aromatic carbocycles. The van der Waals surface area contributed by atoms with Crippen molar-refractivity contribution in [2.45, 2.75) is 25.9 Å². The Kier molecular flexibility index (Phi) is 3.97. The summed E-state index contributed by atoms with van der Waals surface area (Å²) in [4.78, 5) is 0. The Morgan fingerprint density at radius 3 is 2.31 bits per heavy atom. The van der Waals surface area contributed by atoms with Crippen LogP contribution in [0.4, 0.5) is 13.2 Å². The molecular formula is C12H16F3N. The average molecular weight is 231 g/mol. The highest BCUT2D eigenvalue weighted by atomic mass is 19.4. The summed E-state index contributed by atoms with van der Waals surface area (Å²) in [6, 6.07) is 5.07. The zero-order valence-electron chi connectivity index (χ0n) is 9.65. The number of benzene rings is 1. The number of halogens is 3. The lowest BCUT2D eigenvalue weighted by atomic mass is 9.93. The van der Waals surface area contributed by atoms with E-state index in [4.69, 9.17) is 0 Å². The Hall–Kier alpha value is -1.03. The molecule has 0 aliphatic rings. The minimum atomic E-state index is -4.21. The minimum absolute atomic E-state index is 0.0899. The van der Waals surface area contributed by atoms with E-state index in [0.717, 1.165) is 5.56 Å². The number of hydrogen-bond acceptors (Lipinski definition) is 1. The molecule has 0 heterocycles. The van der Waals surface area contributed by atoms with Gasteiger partial charge in [-0.25, -0.2) is 0 Å². The van der Waals surface area contributed by atoms with E-state index in [1.807, 2.05) is 6.92 Å². The van der Waals surface area contributed by atoms with Crippen molar-refractivity contribution in [1.29, 1.82) is 0 Å². The zero-order valence-corrected chi connectivity index (χ0v) is 9.65. The Morgan fingerprint density at radius 2 is 1.88 bits per heavy atom. The van der Waals surface area contributed by atoms with Crippen molar-refractivity contribution in [2.75, 3.05) is 13.6 Å². The molecule has 1 atom stereocenters. The maximum Gasteiger partial charge on any atom is 0.396 e. The SMILES string of the molecule is CNCC(c1ccc(C)cc1C)C(F)(F)F. The summed E-state index contributed by atoms with van der Waals surface area (Å²) in [6.45, 7) is 3.50. The second kappa shape index (κ2) is 4.87. The third-order valence-corrected chi connectivity index (χ3v) is 2.60. The first-order valence-corrected chi connectivity index (χ1v) is 5.14. The predicted molar refractivity (Wildman–Crippen MR) is 58.6 cm³/mol. The molecule has 4 heteroatoms. The topological polar surface area (TPSA) is 12.0 Å². The van der Waals surface area contributed by atoms with Crippen LogP contribution in [0, 0.1) is 13.8 Å². The van der Waals surface area contributed by atoms with E-state index < -0.39 is 12.1 Å². The van der Waals surface area contributed by atoms with Crippen LogP contribution in [0.25, 0.3) is 0 Å². The molecule has 0 amide bonds. The van der Waals surface area contributed by atoms with Gasteiger partial charge in [0.25, 0.3) is 0 Å². The molecule has 0 saturated heterocycles. The molecule has 16 heavy (non-hydrogen) atoms. The maximum absolute atomic E-state index is 12.8. The van der Waals surface area contributed by atoms with E-state index in [0.29, 0.717) is 11.1 Å². The highest BCUT2D eigenvalue weighted by Gasteiger charge is 2.40. The van der Waals surface area contributed by atoms with E-state index in [1.165, 1.54) is 7.05 Å². The molecule has 0 saturated carbocycles. The molecule has 0 spiro atoms. The van der Waals surface area contributed by atoms with Crippen molar-refractivity contribution < 1.29 is 13.2 Å². The van der Waals surface area contributed by atoms with Crippen LogP contribution in [0.3, 0.4) is 0 Å². The molecule has 90 valence electrons. The fourth-order valence-electron chi connectivity index (χ4n) is 1.82. The molecule has 0 aromatic heterocycles. The Balaban J connectivity index is 3.11. The Bertz CT molecular complexity index is 358. The summed E-state index contributed by atoms with van der Waals surface area (Å²) in [5, 5.41) is 2.59. The van der Waals surface area contributed by atoms with Crippen molar-refractivity contribution in [3.63, 3.8) is 0 Å². The van der Waals surface area contributed by atoms with Gasteiger partial charge in [0.2, 0.25) is 0 Å². The molecular weight excluding hydrogens is 215 g/mol. The second-order valence-electron chi connectivity index (χ2n) is 4.01. The number of alkyl halides is 3. The monoisotopic (exact) mass is 231 g/mol. The quantitative estimate of drug-likeness (QED) is 0.842. The van der Waals surface area contributed by atoms with Gasteiger partial charge in [-0.3, -0.25) is 0 Å². The minimum Gasteiger partial charge on any atom is -0.319 e. The lowest BCUT2D eigenvalue weighted by Crippen LogP contribution is -2.30. The van der Waals surface area contributed by atoms with Crippen LogP contribution < -0.4 is 5.32 Å². The summed E-state index contributed by atoms with van der Waals surface area (Å²) in [7, 11) is 1.53. The highest BCUT2D eigenvalue weighted by molar-refractivity contribution is 5.34. The van der Waals surface area contributed by atoms with Gasteiger partial charge in [0.05, 0.1) is 5.92 Å². The van der Waals surface area contributed by atoms with Crippen molar-refractivity contribution in [2.24, 2.45) is 0 Å². The van der Waals surface area contributed by atoms with E-state index in [2.05, 4.69) is 5.32 Å². The van der Waals surface area contributed by atoms with Crippen LogP contribution in [0.1, 0.15) is 22.6 Å². The summed E-state index contributed by atoms with van der Waals surface area (Å²) in [5.41, 5.74) is 2.02. The van der Waals surface area contributed by atoms with Crippen molar-refractivity contribution in [3.05, 3.63) is 34.9 Å². The highest BCUT2D eigenvalue weighted by Crippen LogP contribution is 2.35. The normalized spacial score (nSPS) is 13.9. The molecule has 1 aromatic rings. The van der Waals surface area contributed by atoms with Gasteiger partial charge in [-0.15, -0.1) is 0 Å². The van der Waals surface area contributed by atoms with E-state index in [1.54, 1.807) is 25.1 Å². The van der Waals surface area contributed by atoms with Gasteiger partial charge in [-0.05, 0) is 32.0 Å². The first kappa shape index (κ1) is 13.0. The standard InChI is InChI=1S/C12H16F3N/c1-8-4-5-10(9(2)6-8)11(7-16-3)12(13,14)15/h4-6,11,16H,7H2,1-3H3. The van der Waals surface area contributed by atoms with Gasteiger partial charge in [0.1, 0.15) is 0 Å². The van der Waals surface area contributed by atoms with Crippen LogP contribution in [0.2, 0.25) is 0 Å². The van der Waals surface area contributed by atoms with Crippen molar-refractivity contribution >= 4 is 0 Å². The number of likely N-dealkylation sites (N-methyl/N-ethyl adjacent to an activating group) is 1. The summed E-state index contributed by atoms with van der Waals surface area (Å²) < 4.78 is 38.5. The van der Waals surface area contributed by atoms with Gasteiger partial charge in [-0.1, -0.05) is 23.8 Å². The Labute approximate surface area is 93.7 Å². The smallest absolute Gasteiger partial charge is 0.319 e. The van der Waals surface area contributed by atoms with Crippen LogP contribution in [0.5, 0.6) is 0 Å². The molecule has 1 unspecified atom stereocenters. The van der Waals surface area contributed by atoms with E-state index >= 15 is 0 Å². The molecule has 0 aliphatic carbocycles. The number of nitrogens with one attached hydrogen (secondary N) is 1. The van der Waals surface area contributed by atoms with Crippen LogP contribution in [0.15, 0.2) is 18.2 Å². The van der Waals surface area contributed by atoms with Crippen molar-refractivity contribution in [3.8, 4) is 0 Å².